The van der Waals surface area contributed by atoms with Gasteiger partial charge in [0.25, 0.3) is 5.91 Å². The van der Waals surface area contributed by atoms with E-state index in [0.29, 0.717) is 11.5 Å². The Morgan fingerprint density at radius 2 is 2.04 bits per heavy atom. The van der Waals surface area contributed by atoms with E-state index in [1.807, 2.05) is 27.7 Å². The topological polar surface area (TPSA) is 128 Å². The van der Waals surface area contributed by atoms with E-state index in [1.54, 1.807) is 0 Å². The molecule has 2 aliphatic rings. The lowest BCUT2D eigenvalue weighted by Gasteiger charge is -2.40. The van der Waals surface area contributed by atoms with E-state index in [-0.39, 0.29) is 18.5 Å². The van der Waals surface area contributed by atoms with Crippen molar-refractivity contribution in [3.05, 3.63) is 0 Å². The summed E-state index contributed by atoms with van der Waals surface area (Å²) in [7, 11) is -4.82. The van der Waals surface area contributed by atoms with Gasteiger partial charge in [-0.2, -0.15) is 13.5 Å². The van der Waals surface area contributed by atoms with Gasteiger partial charge >= 0.3 is 16.4 Å². The van der Waals surface area contributed by atoms with Crippen molar-refractivity contribution in [3.8, 4) is 0 Å². The lowest BCUT2D eigenvalue weighted by Crippen LogP contribution is -2.57. The van der Waals surface area contributed by atoms with Crippen LogP contribution in [0.1, 0.15) is 34.1 Å². The first kappa shape index (κ1) is 17.9. The highest BCUT2D eigenvalue weighted by molar-refractivity contribution is 7.80. The van der Waals surface area contributed by atoms with E-state index < -0.39 is 33.9 Å². The molecule has 11 heteroatoms. The van der Waals surface area contributed by atoms with Gasteiger partial charge in [0.05, 0.1) is 6.04 Å². The SMILES string of the molecule is CC(C)NNC(=O)[C@@H]1CC(C)(C)[C@@H]2CN1C(=O)N2OS(=O)(=O)O. The third kappa shape index (κ3) is 3.74. The molecule has 2 bridgehead atoms. The van der Waals surface area contributed by atoms with Crippen molar-refractivity contribution in [1.29, 1.82) is 0 Å². The summed E-state index contributed by atoms with van der Waals surface area (Å²) in [6.07, 6.45) is 0.334. The molecule has 3 amide bonds. The Morgan fingerprint density at radius 3 is 2.57 bits per heavy atom. The van der Waals surface area contributed by atoms with Gasteiger partial charge in [0.15, 0.2) is 0 Å². The number of piperidine rings is 1. The molecule has 0 aromatic carbocycles. The van der Waals surface area contributed by atoms with E-state index in [9.17, 15) is 18.0 Å². The van der Waals surface area contributed by atoms with Crippen molar-refractivity contribution in [2.24, 2.45) is 5.41 Å². The molecule has 0 aromatic heterocycles. The minimum atomic E-state index is -4.82. The fourth-order valence-electron chi connectivity index (χ4n) is 2.89. The smallest absolute Gasteiger partial charge is 0.309 e. The molecule has 0 aromatic rings. The summed E-state index contributed by atoms with van der Waals surface area (Å²) < 4.78 is 35.2. The lowest BCUT2D eigenvalue weighted by atomic mass is 9.76. The molecule has 2 saturated heterocycles. The van der Waals surface area contributed by atoms with Gasteiger partial charge in [-0.1, -0.05) is 13.8 Å². The molecule has 0 radical (unpaired) electrons. The van der Waals surface area contributed by atoms with Crippen LogP contribution in [0, 0.1) is 5.41 Å². The molecule has 2 heterocycles. The van der Waals surface area contributed by atoms with Crippen molar-refractivity contribution in [2.75, 3.05) is 6.54 Å². The first-order valence-corrected chi connectivity index (χ1v) is 8.61. The van der Waals surface area contributed by atoms with Crippen LogP contribution >= 0.6 is 0 Å². The van der Waals surface area contributed by atoms with Gasteiger partial charge in [0.1, 0.15) is 6.04 Å². The highest BCUT2D eigenvalue weighted by atomic mass is 32.3. The lowest BCUT2D eigenvalue weighted by molar-refractivity contribution is -0.129. The van der Waals surface area contributed by atoms with Crippen LogP contribution in [-0.4, -0.2) is 59.5 Å². The second-order valence-corrected chi connectivity index (χ2v) is 7.78. The molecule has 132 valence electrons. The zero-order valence-electron chi connectivity index (χ0n) is 13.4. The van der Waals surface area contributed by atoms with Crippen LogP contribution < -0.4 is 10.9 Å². The maximum absolute atomic E-state index is 12.4. The van der Waals surface area contributed by atoms with Crippen LogP contribution in [-0.2, 0) is 19.5 Å². The van der Waals surface area contributed by atoms with Gasteiger partial charge in [0.2, 0.25) is 0 Å². The first-order valence-electron chi connectivity index (χ1n) is 7.24. The van der Waals surface area contributed by atoms with E-state index in [0.717, 1.165) is 0 Å². The Labute approximate surface area is 135 Å². The van der Waals surface area contributed by atoms with Crippen molar-refractivity contribution < 1.29 is 26.8 Å². The molecule has 2 atom stereocenters. The number of carbonyl (C=O) groups is 2. The van der Waals surface area contributed by atoms with Crippen molar-refractivity contribution >= 4 is 22.3 Å². The molecule has 23 heavy (non-hydrogen) atoms. The molecule has 2 fully saturated rings. The summed E-state index contributed by atoms with van der Waals surface area (Å²) in [5.41, 5.74) is 4.74. The van der Waals surface area contributed by atoms with Gasteiger partial charge in [0, 0.05) is 12.6 Å². The molecule has 0 saturated carbocycles. The van der Waals surface area contributed by atoms with Crippen LogP contribution in [0.15, 0.2) is 0 Å². The van der Waals surface area contributed by atoms with Gasteiger partial charge in [-0.15, -0.1) is 4.28 Å². The Balaban J connectivity index is 2.22. The normalized spacial score (nSPS) is 26.8. The van der Waals surface area contributed by atoms with E-state index in [2.05, 4.69) is 15.1 Å². The number of nitrogens with one attached hydrogen (secondary N) is 2. The Hall–Kier alpha value is -1.43. The predicted octanol–water partition coefficient (Wildman–Crippen LogP) is -0.345. The van der Waals surface area contributed by atoms with Crippen LogP contribution in [0.4, 0.5) is 4.79 Å². The molecule has 2 aliphatic heterocycles. The number of nitrogens with zero attached hydrogens (tertiary/aromatic N) is 2. The van der Waals surface area contributed by atoms with Gasteiger partial charge in [-0.3, -0.25) is 14.8 Å². The summed E-state index contributed by atoms with van der Waals surface area (Å²) >= 11 is 0. The third-order valence-corrected chi connectivity index (χ3v) is 4.39. The van der Waals surface area contributed by atoms with Gasteiger partial charge in [-0.25, -0.2) is 10.2 Å². The summed E-state index contributed by atoms with van der Waals surface area (Å²) in [5, 5.41) is 0.637. The minimum Gasteiger partial charge on any atom is -0.309 e. The van der Waals surface area contributed by atoms with Crippen LogP contribution in [0.25, 0.3) is 0 Å². The quantitative estimate of drug-likeness (QED) is 0.457. The summed E-state index contributed by atoms with van der Waals surface area (Å²) in [6, 6.07) is -2.08. The highest BCUT2D eigenvalue weighted by Gasteiger charge is 2.56. The summed E-state index contributed by atoms with van der Waals surface area (Å²) in [6.45, 7) is 7.46. The Morgan fingerprint density at radius 1 is 1.43 bits per heavy atom. The number of hydrogen-bond acceptors (Lipinski definition) is 6. The molecule has 3 N–H and O–H groups in total. The number of carbonyl (C=O) groups excluding carboxylic acids is 2. The van der Waals surface area contributed by atoms with Crippen molar-refractivity contribution in [1.82, 2.24) is 20.8 Å². The molecular weight excluding hydrogens is 328 g/mol. The van der Waals surface area contributed by atoms with E-state index >= 15 is 0 Å². The maximum atomic E-state index is 12.4. The fourth-order valence-corrected chi connectivity index (χ4v) is 3.26. The Bertz CT molecular complexity index is 605. The summed E-state index contributed by atoms with van der Waals surface area (Å²) in [5.74, 6) is -0.382. The fraction of sp³-hybridized carbons (Fsp3) is 0.833. The van der Waals surface area contributed by atoms with Gasteiger partial charge in [-0.05, 0) is 25.7 Å². The number of rotatable bonds is 5. The standard InChI is InChI=1S/C12H22N4O6S/c1-7(2)13-14-10(17)8-5-12(3,4)9-6-15(8)11(18)16(9)22-23(19,20)21/h7-9,13H,5-6H2,1-4H3,(H,14,17)(H,19,20,21)/t8-,9-/m0/s1. The van der Waals surface area contributed by atoms with Gasteiger partial charge < -0.3 is 4.90 Å². The second-order valence-electron chi connectivity index (χ2n) is 6.78. The summed E-state index contributed by atoms with van der Waals surface area (Å²) in [4.78, 5) is 25.9. The molecule has 0 spiro atoms. The first-order chi connectivity index (χ1) is 10.4. The maximum Gasteiger partial charge on any atom is 0.418 e. The number of urea groups is 1. The van der Waals surface area contributed by atoms with Crippen molar-refractivity contribution in [2.45, 2.75) is 52.2 Å². The number of fused-ring (bicyclic) bond motifs is 2. The number of hydroxylamine groups is 2. The molecule has 2 rings (SSSR count). The predicted molar refractivity (Wildman–Crippen MR) is 79.0 cm³/mol. The highest BCUT2D eigenvalue weighted by Crippen LogP contribution is 2.42. The van der Waals surface area contributed by atoms with E-state index in [4.69, 9.17) is 4.55 Å². The Kier molecular flexibility index (Phi) is 4.59. The zero-order chi connectivity index (χ0) is 17.6. The van der Waals surface area contributed by atoms with E-state index in [1.165, 1.54) is 4.90 Å². The average molecular weight is 350 g/mol. The number of hydrazine groups is 1. The number of amides is 3. The average Bonchev–Trinajstić information content (AvgIpc) is 2.66. The third-order valence-electron chi connectivity index (χ3n) is 4.05. The second kappa shape index (κ2) is 5.89. The molecule has 10 nitrogen and oxygen atoms in total. The van der Waals surface area contributed by atoms with Crippen LogP contribution in [0.2, 0.25) is 0 Å². The molecular formula is C12H22N4O6S. The molecule has 0 aliphatic carbocycles. The van der Waals surface area contributed by atoms with Crippen LogP contribution in [0.5, 0.6) is 0 Å². The number of hydrogen-bond donors (Lipinski definition) is 3. The molecule has 0 unspecified atom stereocenters. The minimum absolute atomic E-state index is 0.0249. The zero-order valence-corrected chi connectivity index (χ0v) is 14.3. The largest absolute Gasteiger partial charge is 0.418 e. The van der Waals surface area contributed by atoms with Crippen LogP contribution in [0.3, 0.4) is 0 Å². The monoisotopic (exact) mass is 350 g/mol. The van der Waals surface area contributed by atoms with Crippen molar-refractivity contribution in [3.63, 3.8) is 0 Å².